The van der Waals surface area contributed by atoms with Crippen molar-refractivity contribution >= 4 is 11.6 Å². The molecule has 0 unspecified atom stereocenters. The number of anilines is 1. The van der Waals surface area contributed by atoms with Crippen LogP contribution in [-0.2, 0) is 4.79 Å². The van der Waals surface area contributed by atoms with Gasteiger partial charge in [-0.3, -0.25) is 4.79 Å². The van der Waals surface area contributed by atoms with Gasteiger partial charge in [0, 0.05) is 32.3 Å². The Bertz CT molecular complexity index is 529. The molecule has 0 radical (unpaired) electrons. The molecule has 1 aromatic rings. The van der Waals surface area contributed by atoms with E-state index in [1.165, 1.54) is 0 Å². The molecule has 0 spiro atoms. The first kappa shape index (κ1) is 15.2. The second-order valence-corrected chi connectivity index (χ2v) is 4.87. The van der Waals surface area contributed by atoms with Crippen LogP contribution in [0.5, 0.6) is 5.75 Å². The van der Waals surface area contributed by atoms with Gasteiger partial charge in [0.25, 0.3) is 0 Å². The molecular weight excluding hydrogens is 264 g/mol. The highest BCUT2D eigenvalue weighted by molar-refractivity contribution is 5.88. The standard InChI is InChI=1S/C17H22N2O2/c1-3-4-5-10-17(20)19-13-11-18(12-14-19)15-8-6-7-9-16(15)21-2/h3-10H,11-14H2,1-2H3/b4-3+,10-5+. The molecule has 0 atom stereocenters. The second kappa shape index (κ2) is 7.53. The van der Waals surface area contributed by atoms with Crippen LogP contribution in [0.15, 0.2) is 48.6 Å². The van der Waals surface area contributed by atoms with Crippen LogP contribution in [0.3, 0.4) is 0 Å². The van der Waals surface area contributed by atoms with Gasteiger partial charge in [0.05, 0.1) is 12.8 Å². The summed E-state index contributed by atoms with van der Waals surface area (Å²) in [6.45, 7) is 5.04. The number of hydrogen-bond donors (Lipinski definition) is 0. The maximum atomic E-state index is 12.0. The van der Waals surface area contributed by atoms with Crippen LogP contribution in [0, 0.1) is 0 Å². The zero-order valence-corrected chi connectivity index (χ0v) is 12.7. The van der Waals surface area contributed by atoms with Gasteiger partial charge in [-0.15, -0.1) is 0 Å². The minimum atomic E-state index is 0.0766. The maximum Gasteiger partial charge on any atom is 0.246 e. The smallest absolute Gasteiger partial charge is 0.246 e. The fourth-order valence-electron chi connectivity index (χ4n) is 2.41. The lowest BCUT2D eigenvalue weighted by Gasteiger charge is -2.36. The minimum Gasteiger partial charge on any atom is -0.495 e. The van der Waals surface area contributed by atoms with Crippen molar-refractivity contribution in [3.63, 3.8) is 0 Å². The molecule has 21 heavy (non-hydrogen) atoms. The summed E-state index contributed by atoms with van der Waals surface area (Å²) in [5.74, 6) is 0.957. The van der Waals surface area contributed by atoms with Crippen LogP contribution in [0.1, 0.15) is 6.92 Å². The van der Waals surface area contributed by atoms with E-state index < -0.39 is 0 Å². The highest BCUT2D eigenvalue weighted by Crippen LogP contribution is 2.28. The zero-order chi connectivity index (χ0) is 15.1. The molecule has 2 rings (SSSR count). The Hall–Kier alpha value is -2.23. The van der Waals surface area contributed by atoms with Crippen molar-refractivity contribution in [3.05, 3.63) is 48.6 Å². The second-order valence-electron chi connectivity index (χ2n) is 4.87. The van der Waals surface area contributed by atoms with E-state index in [-0.39, 0.29) is 5.91 Å². The molecule has 4 nitrogen and oxygen atoms in total. The van der Waals surface area contributed by atoms with Crippen LogP contribution >= 0.6 is 0 Å². The summed E-state index contributed by atoms with van der Waals surface area (Å²) in [6, 6.07) is 8.00. The Morgan fingerprint density at radius 1 is 1.14 bits per heavy atom. The predicted octanol–water partition coefficient (Wildman–Crippen LogP) is 2.48. The number of allylic oxidation sites excluding steroid dienone is 3. The fourth-order valence-corrected chi connectivity index (χ4v) is 2.41. The molecular formula is C17H22N2O2. The van der Waals surface area contributed by atoms with E-state index in [2.05, 4.69) is 11.0 Å². The lowest BCUT2D eigenvalue weighted by molar-refractivity contribution is -0.126. The van der Waals surface area contributed by atoms with Crippen molar-refractivity contribution in [2.45, 2.75) is 6.92 Å². The molecule has 112 valence electrons. The van der Waals surface area contributed by atoms with Crippen LogP contribution < -0.4 is 9.64 Å². The lowest BCUT2D eigenvalue weighted by Crippen LogP contribution is -2.48. The van der Waals surface area contributed by atoms with Gasteiger partial charge in [0.15, 0.2) is 0 Å². The Balaban J connectivity index is 1.95. The highest BCUT2D eigenvalue weighted by Gasteiger charge is 2.21. The van der Waals surface area contributed by atoms with Gasteiger partial charge < -0.3 is 14.5 Å². The third-order valence-corrected chi connectivity index (χ3v) is 3.56. The van der Waals surface area contributed by atoms with Gasteiger partial charge in [-0.25, -0.2) is 0 Å². The topological polar surface area (TPSA) is 32.8 Å². The van der Waals surface area contributed by atoms with E-state index in [1.807, 2.05) is 42.2 Å². The number of para-hydroxylation sites is 2. The molecule has 1 amide bonds. The first-order valence-electron chi connectivity index (χ1n) is 7.22. The van der Waals surface area contributed by atoms with Crippen LogP contribution in [0.25, 0.3) is 0 Å². The number of methoxy groups -OCH3 is 1. The molecule has 1 aromatic carbocycles. The summed E-state index contributed by atoms with van der Waals surface area (Å²) >= 11 is 0. The fraction of sp³-hybridized carbons (Fsp3) is 0.353. The summed E-state index contributed by atoms with van der Waals surface area (Å²) in [5.41, 5.74) is 1.09. The van der Waals surface area contributed by atoms with Gasteiger partial charge in [-0.1, -0.05) is 30.4 Å². The number of carbonyl (C=O) groups is 1. The number of benzene rings is 1. The van der Waals surface area contributed by atoms with Gasteiger partial charge in [-0.2, -0.15) is 0 Å². The quantitative estimate of drug-likeness (QED) is 0.630. The van der Waals surface area contributed by atoms with Crippen molar-refractivity contribution in [2.75, 3.05) is 38.2 Å². The molecule has 1 aliphatic heterocycles. The number of ether oxygens (including phenoxy) is 1. The molecule has 0 bridgehead atoms. The molecule has 1 aliphatic rings. The number of rotatable bonds is 4. The van der Waals surface area contributed by atoms with Crippen molar-refractivity contribution < 1.29 is 9.53 Å². The molecule has 1 heterocycles. The predicted molar refractivity (Wildman–Crippen MR) is 85.7 cm³/mol. The molecule has 4 heteroatoms. The van der Waals surface area contributed by atoms with Gasteiger partial charge >= 0.3 is 0 Å². The van der Waals surface area contributed by atoms with Gasteiger partial charge in [0.2, 0.25) is 5.91 Å². The normalized spacial score (nSPS) is 15.9. The number of hydrogen-bond acceptors (Lipinski definition) is 3. The van der Waals surface area contributed by atoms with Crippen molar-refractivity contribution in [1.82, 2.24) is 4.90 Å². The zero-order valence-electron chi connectivity index (χ0n) is 12.7. The van der Waals surface area contributed by atoms with Gasteiger partial charge in [0.1, 0.15) is 5.75 Å². The summed E-state index contributed by atoms with van der Waals surface area (Å²) < 4.78 is 5.40. The third-order valence-electron chi connectivity index (χ3n) is 3.56. The average Bonchev–Trinajstić information content (AvgIpc) is 2.55. The summed E-state index contributed by atoms with van der Waals surface area (Å²) in [7, 11) is 1.69. The van der Waals surface area contributed by atoms with Crippen molar-refractivity contribution in [2.24, 2.45) is 0 Å². The lowest BCUT2D eigenvalue weighted by atomic mass is 10.2. The minimum absolute atomic E-state index is 0.0766. The van der Waals surface area contributed by atoms with E-state index in [4.69, 9.17) is 4.74 Å². The average molecular weight is 286 g/mol. The molecule has 1 saturated heterocycles. The SMILES string of the molecule is C/C=C/C=C/C(=O)N1CCN(c2ccccc2OC)CC1. The molecule has 1 fully saturated rings. The van der Waals surface area contributed by atoms with Crippen LogP contribution in [0.4, 0.5) is 5.69 Å². The number of amides is 1. The van der Waals surface area contributed by atoms with Crippen LogP contribution in [-0.4, -0.2) is 44.1 Å². The third kappa shape index (κ3) is 3.88. The van der Waals surface area contributed by atoms with E-state index in [0.29, 0.717) is 0 Å². The Kier molecular flexibility index (Phi) is 5.43. The van der Waals surface area contributed by atoms with Crippen LogP contribution in [0.2, 0.25) is 0 Å². The van der Waals surface area contributed by atoms with Gasteiger partial charge in [-0.05, 0) is 19.1 Å². The number of nitrogens with zero attached hydrogens (tertiary/aromatic N) is 2. The molecule has 0 aromatic heterocycles. The number of piperazine rings is 1. The monoisotopic (exact) mass is 286 g/mol. The highest BCUT2D eigenvalue weighted by atomic mass is 16.5. The first-order valence-corrected chi connectivity index (χ1v) is 7.22. The molecule has 0 N–H and O–H groups in total. The maximum absolute atomic E-state index is 12.0. The number of carbonyl (C=O) groups excluding carboxylic acids is 1. The molecule has 0 aliphatic carbocycles. The van der Waals surface area contributed by atoms with E-state index in [9.17, 15) is 4.79 Å². The Labute approximate surface area is 126 Å². The van der Waals surface area contributed by atoms with E-state index >= 15 is 0 Å². The van der Waals surface area contributed by atoms with Crippen molar-refractivity contribution in [3.8, 4) is 5.75 Å². The molecule has 0 saturated carbocycles. The Morgan fingerprint density at radius 3 is 2.52 bits per heavy atom. The summed E-state index contributed by atoms with van der Waals surface area (Å²) in [6.07, 6.45) is 7.18. The Morgan fingerprint density at radius 2 is 1.86 bits per heavy atom. The van der Waals surface area contributed by atoms with E-state index in [0.717, 1.165) is 37.6 Å². The van der Waals surface area contributed by atoms with Crippen molar-refractivity contribution in [1.29, 1.82) is 0 Å². The largest absolute Gasteiger partial charge is 0.495 e. The van der Waals surface area contributed by atoms with E-state index in [1.54, 1.807) is 19.3 Å². The summed E-state index contributed by atoms with van der Waals surface area (Å²) in [5, 5.41) is 0. The summed E-state index contributed by atoms with van der Waals surface area (Å²) in [4.78, 5) is 16.1. The first-order chi connectivity index (χ1) is 10.3.